The van der Waals surface area contributed by atoms with Gasteiger partial charge in [0.05, 0.1) is 55.2 Å². The summed E-state index contributed by atoms with van der Waals surface area (Å²) in [5.41, 5.74) is -3.38. The predicted octanol–water partition coefficient (Wildman–Crippen LogP) is 2.87. The third-order valence-electron chi connectivity index (χ3n) is 5.99. The Kier molecular flexibility index (Phi) is 7.23. The highest BCUT2D eigenvalue weighted by Crippen LogP contribution is 2.35. The average molecular weight is 548 g/mol. The molecule has 1 aliphatic rings. The number of hydrogen-bond donors (Lipinski definition) is 1. The smallest absolute Gasteiger partial charge is 0.379 e. The normalized spacial score (nSPS) is 17.0. The fraction of sp³-hybridized carbons (Fsp3) is 0.500. The molecule has 1 N–H and O–H groups in total. The number of H-pyrrole nitrogens is 1. The van der Waals surface area contributed by atoms with Crippen molar-refractivity contribution >= 4 is 22.8 Å². The number of carbonyl (C=O) groups is 1. The highest BCUT2D eigenvalue weighted by atomic mass is 19.4. The van der Waals surface area contributed by atoms with Crippen molar-refractivity contribution < 1.29 is 37.2 Å². The molecular formula is C22H23F6N7O3. The largest absolute Gasteiger partial charge is 0.419 e. The zero-order valence-electron chi connectivity index (χ0n) is 20.9. The number of anilines is 1. The summed E-state index contributed by atoms with van der Waals surface area (Å²) in [6.07, 6.45) is -6.33. The summed E-state index contributed by atoms with van der Waals surface area (Å²) < 4.78 is 93.4. The fourth-order valence-corrected chi connectivity index (χ4v) is 4.02. The number of hydrogen-bond acceptors (Lipinski definition) is 7. The molecule has 38 heavy (non-hydrogen) atoms. The molecule has 206 valence electrons. The van der Waals surface area contributed by atoms with Crippen LogP contribution in [-0.2, 0) is 21.9 Å². The molecule has 16 heteroatoms. The van der Waals surface area contributed by atoms with E-state index in [4.69, 9.17) is 6.11 Å². The number of amides is 1. The number of piperazine rings is 1. The van der Waals surface area contributed by atoms with Gasteiger partial charge in [-0.1, -0.05) is 0 Å². The molecule has 0 aromatic carbocycles. The van der Waals surface area contributed by atoms with Gasteiger partial charge in [0.15, 0.2) is 0 Å². The summed E-state index contributed by atoms with van der Waals surface area (Å²) in [5, 5.41) is 4.87. The summed E-state index contributed by atoms with van der Waals surface area (Å²) in [4.78, 5) is 35.3. The second-order valence-electron chi connectivity index (χ2n) is 8.55. The number of alkyl halides is 6. The lowest BCUT2D eigenvalue weighted by molar-refractivity contribution is -0.138. The number of fused-ring (bicyclic) bond motifs is 1. The van der Waals surface area contributed by atoms with Gasteiger partial charge in [0.2, 0.25) is 11.9 Å². The summed E-state index contributed by atoms with van der Waals surface area (Å²) in [6.45, 7) is 1.97. The van der Waals surface area contributed by atoms with E-state index in [9.17, 15) is 35.9 Å². The van der Waals surface area contributed by atoms with Crippen molar-refractivity contribution in [3.63, 3.8) is 0 Å². The van der Waals surface area contributed by atoms with E-state index in [-0.39, 0.29) is 50.1 Å². The van der Waals surface area contributed by atoms with Crippen molar-refractivity contribution in [1.29, 1.82) is 0 Å². The zero-order valence-corrected chi connectivity index (χ0v) is 19.9. The van der Waals surface area contributed by atoms with Crippen LogP contribution in [0.2, 0.25) is 0 Å². The van der Waals surface area contributed by atoms with Crippen LogP contribution in [0.25, 0.3) is 10.9 Å². The molecule has 1 atom stereocenters. The molecule has 1 unspecified atom stereocenters. The van der Waals surface area contributed by atoms with Crippen molar-refractivity contribution in [2.45, 2.75) is 31.7 Å². The molecule has 0 saturated carbocycles. The maximum absolute atomic E-state index is 13.5. The Hall–Kier alpha value is -3.69. The Morgan fingerprint density at radius 1 is 1.11 bits per heavy atom. The molecule has 1 amide bonds. The Labute approximate surface area is 212 Å². The minimum Gasteiger partial charge on any atom is -0.379 e. The van der Waals surface area contributed by atoms with Gasteiger partial charge in [-0.15, -0.1) is 0 Å². The second-order valence-corrected chi connectivity index (χ2v) is 8.55. The molecule has 1 saturated heterocycles. The first kappa shape index (κ1) is 25.9. The third-order valence-corrected chi connectivity index (χ3v) is 5.99. The molecule has 0 bridgehead atoms. The summed E-state index contributed by atoms with van der Waals surface area (Å²) >= 11 is 0. The lowest BCUT2D eigenvalue weighted by atomic mass is 10.2. The van der Waals surface area contributed by atoms with E-state index in [2.05, 4.69) is 15.1 Å². The fourth-order valence-electron chi connectivity index (χ4n) is 4.02. The number of aromatic amines is 1. The van der Waals surface area contributed by atoms with Crippen LogP contribution >= 0.6 is 0 Å². The molecule has 0 spiro atoms. The molecule has 4 heterocycles. The number of aromatic nitrogens is 5. The molecule has 0 aliphatic carbocycles. The lowest BCUT2D eigenvalue weighted by Crippen LogP contribution is -2.49. The first-order chi connectivity index (χ1) is 18.2. The van der Waals surface area contributed by atoms with Crippen LogP contribution in [0.5, 0.6) is 0 Å². The molecule has 3 aromatic rings. The zero-order chi connectivity index (χ0) is 28.6. The highest BCUT2D eigenvalue weighted by Gasteiger charge is 2.36. The number of halogens is 6. The van der Waals surface area contributed by atoms with Gasteiger partial charge < -0.3 is 19.1 Å². The maximum Gasteiger partial charge on any atom is 0.419 e. The van der Waals surface area contributed by atoms with Crippen molar-refractivity contribution in [2.75, 3.05) is 44.3 Å². The molecule has 4 rings (SSSR count). The molecule has 3 aromatic heterocycles. The quantitative estimate of drug-likeness (QED) is 0.357. The van der Waals surface area contributed by atoms with Gasteiger partial charge in [0.1, 0.15) is 0 Å². The van der Waals surface area contributed by atoms with Gasteiger partial charge >= 0.3 is 12.4 Å². The molecule has 1 fully saturated rings. The van der Waals surface area contributed by atoms with E-state index < -0.39 is 40.4 Å². The van der Waals surface area contributed by atoms with Gasteiger partial charge in [-0.3, -0.25) is 9.59 Å². The monoisotopic (exact) mass is 548 g/mol. The van der Waals surface area contributed by atoms with Gasteiger partial charge in [0.25, 0.3) is 5.56 Å². The van der Waals surface area contributed by atoms with E-state index in [1.165, 1.54) is 11.8 Å². The van der Waals surface area contributed by atoms with Crippen LogP contribution in [0, 0.1) is 0 Å². The first-order valence-electron chi connectivity index (χ1n) is 11.8. The lowest BCUT2D eigenvalue weighted by Gasteiger charge is -2.34. The second kappa shape index (κ2) is 10.6. The standard InChI is InChI=1S/C22H23F6N7O3/c1-13(35-11-15(22(26,27)28)18-16(35)10-31-32-19(18)37)12-38-7-2-17(36)33-3-5-34(6-4-33)20-29-8-14(9-30-20)21(23,24)25/h8-11,13H,2-7,12H2,1H3,(H,32,37)/i13D. The van der Waals surface area contributed by atoms with Crippen LogP contribution < -0.4 is 10.5 Å². The minimum atomic E-state index is -4.83. The predicted molar refractivity (Wildman–Crippen MR) is 121 cm³/mol. The maximum atomic E-state index is 13.5. The van der Waals surface area contributed by atoms with Crippen LogP contribution in [0.1, 0.15) is 31.9 Å². The Bertz CT molecular complexity index is 1380. The number of ether oxygens (including phenoxy) is 1. The van der Waals surface area contributed by atoms with Gasteiger partial charge in [-0.25, -0.2) is 15.1 Å². The average Bonchev–Trinajstić information content (AvgIpc) is 3.29. The van der Waals surface area contributed by atoms with E-state index in [1.54, 1.807) is 4.90 Å². The summed E-state index contributed by atoms with van der Waals surface area (Å²) in [7, 11) is 0. The van der Waals surface area contributed by atoms with Crippen molar-refractivity contribution in [3.05, 3.63) is 46.3 Å². The summed E-state index contributed by atoms with van der Waals surface area (Å²) in [5.74, 6) is -0.146. The number of nitrogens with zero attached hydrogens (tertiary/aromatic N) is 6. The Morgan fingerprint density at radius 3 is 2.37 bits per heavy atom. The van der Waals surface area contributed by atoms with Gasteiger partial charge in [-0.05, 0) is 6.92 Å². The summed E-state index contributed by atoms with van der Waals surface area (Å²) in [6, 6.07) is -1.76. The molecular weight excluding hydrogens is 524 g/mol. The number of carbonyl (C=O) groups excluding carboxylic acids is 1. The van der Waals surface area contributed by atoms with Crippen LogP contribution in [0.4, 0.5) is 32.3 Å². The number of rotatable bonds is 7. The Morgan fingerprint density at radius 2 is 1.76 bits per heavy atom. The van der Waals surface area contributed by atoms with E-state index in [0.29, 0.717) is 31.7 Å². The third kappa shape index (κ3) is 5.89. The SMILES string of the molecule is [2H]C(C)(COCCC(=O)N1CCN(c2ncc(C(F)(F)F)cn2)CC1)n1cc(C(F)(F)F)c2c(=O)[nH]ncc21. The minimum absolute atomic E-state index is 0.0612. The van der Waals surface area contributed by atoms with Gasteiger partial charge in [-0.2, -0.15) is 31.4 Å². The van der Waals surface area contributed by atoms with Crippen molar-refractivity contribution in [1.82, 2.24) is 29.6 Å². The highest BCUT2D eigenvalue weighted by molar-refractivity contribution is 5.83. The van der Waals surface area contributed by atoms with Crippen LogP contribution in [0.3, 0.4) is 0 Å². The Balaban J connectivity index is 1.29. The van der Waals surface area contributed by atoms with E-state index in [0.717, 1.165) is 10.8 Å². The molecule has 10 nitrogen and oxygen atoms in total. The molecule has 0 radical (unpaired) electrons. The first-order valence-corrected chi connectivity index (χ1v) is 11.3. The van der Waals surface area contributed by atoms with Crippen molar-refractivity contribution in [2.24, 2.45) is 0 Å². The van der Waals surface area contributed by atoms with Crippen molar-refractivity contribution in [3.8, 4) is 0 Å². The van der Waals surface area contributed by atoms with E-state index in [1.807, 2.05) is 5.10 Å². The topological polar surface area (TPSA) is 109 Å². The number of nitrogens with one attached hydrogen (secondary N) is 1. The van der Waals surface area contributed by atoms with Gasteiger partial charge in [0, 0.05) is 44.8 Å². The molecule has 1 aliphatic heterocycles. The van der Waals surface area contributed by atoms with Crippen LogP contribution in [0.15, 0.2) is 29.6 Å². The van der Waals surface area contributed by atoms with E-state index >= 15 is 0 Å². The van der Waals surface area contributed by atoms with Crippen LogP contribution in [-0.4, -0.2) is 74.9 Å².